The molecule has 0 spiro atoms. The zero-order valence-electron chi connectivity index (χ0n) is 12.8. The first kappa shape index (κ1) is 16.4. The maximum absolute atomic E-state index is 11.8. The molecule has 0 bridgehead atoms. The van der Waals surface area contributed by atoms with Crippen LogP contribution in [-0.2, 0) is 9.53 Å². The van der Waals surface area contributed by atoms with E-state index >= 15 is 0 Å². The molecule has 1 fully saturated rings. The van der Waals surface area contributed by atoms with E-state index in [0.29, 0.717) is 13.0 Å². The molecule has 0 unspecified atom stereocenters. The summed E-state index contributed by atoms with van der Waals surface area (Å²) in [4.78, 5) is 14.3. The highest BCUT2D eigenvalue weighted by Crippen LogP contribution is 2.26. The Morgan fingerprint density at radius 3 is 2.42 bits per heavy atom. The molecule has 19 heavy (non-hydrogen) atoms. The molecule has 1 aliphatic heterocycles. The molecule has 1 aliphatic rings. The number of piperidine rings is 1. The van der Waals surface area contributed by atoms with Crippen molar-refractivity contribution in [2.45, 2.75) is 58.4 Å². The van der Waals surface area contributed by atoms with Crippen molar-refractivity contribution in [3.05, 3.63) is 0 Å². The first-order valence-electron chi connectivity index (χ1n) is 7.78. The number of hydrogen-bond donors (Lipinski definition) is 1. The molecular formula is C15H30N2O2. The highest BCUT2D eigenvalue weighted by Gasteiger charge is 2.36. The van der Waals surface area contributed by atoms with Crippen LogP contribution in [0.5, 0.6) is 0 Å². The summed E-state index contributed by atoms with van der Waals surface area (Å²) < 4.78 is 5.13. The highest BCUT2D eigenvalue weighted by molar-refractivity contribution is 5.71. The topological polar surface area (TPSA) is 41.6 Å². The van der Waals surface area contributed by atoms with Gasteiger partial charge in [0.05, 0.1) is 13.0 Å². The second kappa shape index (κ2) is 8.54. The number of nitrogens with zero attached hydrogens (tertiary/aromatic N) is 1. The number of nitrogens with one attached hydrogen (secondary N) is 1. The lowest BCUT2D eigenvalue weighted by atomic mass is 9.84. The third kappa shape index (κ3) is 5.49. The first-order valence-corrected chi connectivity index (χ1v) is 7.78. The molecule has 0 aromatic heterocycles. The van der Waals surface area contributed by atoms with Gasteiger partial charge >= 0.3 is 5.97 Å². The van der Waals surface area contributed by atoms with Crippen LogP contribution in [0.2, 0.25) is 0 Å². The largest absolute Gasteiger partial charge is 0.466 e. The van der Waals surface area contributed by atoms with Crippen LogP contribution in [0.15, 0.2) is 0 Å². The third-order valence-corrected chi connectivity index (χ3v) is 3.89. The Kier molecular flexibility index (Phi) is 7.39. The molecular weight excluding hydrogens is 240 g/mol. The molecule has 0 aromatic rings. The number of esters is 1. The molecule has 0 aromatic carbocycles. The Hall–Kier alpha value is -0.610. The van der Waals surface area contributed by atoms with Crippen molar-refractivity contribution in [1.29, 1.82) is 0 Å². The van der Waals surface area contributed by atoms with Gasteiger partial charge in [-0.15, -0.1) is 0 Å². The summed E-state index contributed by atoms with van der Waals surface area (Å²) in [6.45, 7) is 11.1. The lowest BCUT2D eigenvalue weighted by Crippen LogP contribution is -2.54. The third-order valence-electron chi connectivity index (χ3n) is 3.89. The molecule has 0 radical (unpaired) electrons. The molecule has 1 rings (SSSR count). The summed E-state index contributed by atoms with van der Waals surface area (Å²) in [7, 11) is 0. The Labute approximate surface area is 117 Å². The summed E-state index contributed by atoms with van der Waals surface area (Å²) >= 11 is 0. The number of ether oxygens (including phenoxy) is 1. The van der Waals surface area contributed by atoms with Crippen molar-refractivity contribution in [1.82, 2.24) is 10.2 Å². The lowest BCUT2D eigenvalue weighted by molar-refractivity contribution is -0.145. The number of rotatable bonds is 8. The van der Waals surface area contributed by atoms with E-state index in [-0.39, 0.29) is 11.5 Å². The minimum absolute atomic E-state index is 0.0352. The minimum atomic E-state index is -0.0601. The van der Waals surface area contributed by atoms with Gasteiger partial charge in [-0.25, -0.2) is 0 Å². The Morgan fingerprint density at radius 2 is 1.89 bits per heavy atom. The van der Waals surface area contributed by atoms with Crippen LogP contribution in [0.25, 0.3) is 0 Å². The zero-order valence-corrected chi connectivity index (χ0v) is 12.8. The average molecular weight is 270 g/mol. The van der Waals surface area contributed by atoms with Crippen molar-refractivity contribution in [2.75, 3.05) is 32.8 Å². The van der Waals surface area contributed by atoms with Crippen LogP contribution in [0.3, 0.4) is 0 Å². The molecule has 4 heteroatoms. The van der Waals surface area contributed by atoms with Crippen LogP contribution in [0.1, 0.15) is 52.9 Å². The maximum Gasteiger partial charge on any atom is 0.307 e. The predicted molar refractivity (Wildman–Crippen MR) is 78.2 cm³/mol. The van der Waals surface area contributed by atoms with Gasteiger partial charge in [0.15, 0.2) is 0 Å². The van der Waals surface area contributed by atoms with Crippen molar-refractivity contribution in [3.63, 3.8) is 0 Å². The van der Waals surface area contributed by atoms with E-state index in [2.05, 4.69) is 24.1 Å². The molecule has 4 nitrogen and oxygen atoms in total. The van der Waals surface area contributed by atoms with Crippen molar-refractivity contribution in [3.8, 4) is 0 Å². The van der Waals surface area contributed by atoms with Crippen molar-refractivity contribution in [2.24, 2.45) is 0 Å². The minimum Gasteiger partial charge on any atom is -0.466 e. The Balaban J connectivity index is 2.54. The van der Waals surface area contributed by atoms with Crippen LogP contribution in [0.4, 0.5) is 0 Å². The van der Waals surface area contributed by atoms with Crippen LogP contribution in [-0.4, -0.2) is 49.2 Å². The van der Waals surface area contributed by atoms with Gasteiger partial charge in [-0.3, -0.25) is 4.79 Å². The van der Waals surface area contributed by atoms with Gasteiger partial charge in [-0.1, -0.05) is 13.8 Å². The average Bonchev–Trinajstić information content (AvgIpc) is 2.40. The SMILES string of the molecule is CCCNC1(CC(=O)OCC)CCN(CCC)CC1. The number of carbonyl (C=O) groups is 1. The van der Waals surface area contributed by atoms with Gasteiger partial charge in [0, 0.05) is 5.54 Å². The van der Waals surface area contributed by atoms with Crippen molar-refractivity contribution < 1.29 is 9.53 Å². The second-order valence-electron chi connectivity index (χ2n) is 5.53. The molecule has 1 N–H and O–H groups in total. The monoisotopic (exact) mass is 270 g/mol. The summed E-state index contributed by atoms with van der Waals surface area (Å²) in [5.74, 6) is -0.0601. The van der Waals surface area contributed by atoms with E-state index in [1.165, 1.54) is 13.0 Å². The van der Waals surface area contributed by atoms with Gasteiger partial charge in [0.25, 0.3) is 0 Å². The van der Waals surface area contributed by atoms with E-state index < -0.39 is 0 Å². The van der Waals surface area contributed by atoms with Crippen LogP contribution in [0, 0.1) is 0 Å². The maximum atomic E-state index is 11.8. The Morgan fingerprint density at radius 1 is 1.21 bits per heavy atom. The molecule has 1 saturated heterocycles. The quantitative estimate of drug-likeness (QED) is 0.687. The van der Waals surface area contributed by atoms with Crippen LogP contribution < -0.4 is 5.32 Å². The van der Waals surface area contributed by atoms with E-state index in [1.807, 2.05) is 6.92 Å². The fraction of sp³-hybridized carbons (Fsp3) is 0.933. The van der Waals surface area contributed by atoms with Crippen LogP contribution >= 0.6 is 0 Å². The standard InChI is InChI=1S/C15H30N2O2/c1-4-9-16-15(13-14(18)19-6-3)7-11-17(10-5-2)12-8-15/h16H,4-13H2,1-3H3. The van der Waals surface area contributed by atoms with Crippen molar-refractivity contribution >= 4 is 5.97 Å². The van der Waals surface area contributed by atoms with E-state index in [9.17, 15) is 4.79 Å². The number of carbonyl (C=O) groups excluding carboxylic acids is 1. The number of likely N-dealkylation sites (tertiary alicyclic amines) is 1. The highest BCUT2D eigenvalue weighted by atomic mass is 16.5. The summed E-state index contributed by atoms with van der Waals surface area (Å²) in [5.41, 5.74) is -0.0352. The van der Waals surface area contributed by atoms with Gasteiger partial charge in [-0.05, 0) is 58.8 Å². The van der Waals surface area contributed by atoms with E-state index in [4.69, 9.17) is 4.74 Å². The van der Waals surface area contributed by atoms with E-state index in [0.717, 1.165) is 38.9 Å². The first-order chi connectivity index (χ1) is 9.15. The van der Waals surface area contributed by atoms with Gasteiger partial charge < -0.3 is 15.0 Å². The fourth-order valence-corrected chi connectivity index (χ4v) is 2.82. The van der Waals surface area contributed by atoms with Gasteiger partial charge in [-0.2, -0.15) is 0 Å². The lowest BCUT2D eigenvalue weighted by Gasteiger charge is -2.42. The second-order valence-corrected chi connectivity index (χ2v) is 5.53. The molecule has 112 valence electrons. The number of hydrogen-bond acceptors (Lipinski definition) is 4. The molecule has 0 saturated carbocycles. The Bertz CT molecular complexity index is 261. The zero-order chi connectivity index (χ0) is 14.1. The fourth-order valence-electron chi connectivity index (χ4n) is 2.82. The van der Waals surface area contributed by atoms with Gasteiger partial charge in [0.1, 0.15) is 0 Å². The molecule has 0 atom stereocenters. The normalized spacial score (nSPS) is 19.3. The van der Waals surface area contributed by atoms with E-state index in [1.54, 1.807) is 0 Å². The molecule has 0 aliphatic carbocycles. The molecule has 0 amide bonds. The predicted octanol–water partition coefficient (Wildman–Crippen LogP) is 2.18. The summed E-state index contributed by atoms with van der Waals surface area (Å²) in [6, 6.07) is 0. The summed E-state index contributed by atoms with van der Waals surface area (Å²) in [6.07, 6.45) is 4.91. The van der Waals surface area contributed by atoms with Gasteiger partial charge in [0.2, 0.25) is 0 Å². The smallest absolute Gasteiger partial charge is 0.307 e. The molecule has 1 heterocycles. The summed E-state index contributed by atoms with van der Waals surface area (Å²) in [5, 5.41) is 3.61.